The lowest BCUT2D eigenvalue weighted by Gasteiger charge is -2.07. The molecule has 0 amide bonds. The maximum Gasteiger partial charge on any atom is 0.253 e. The van der Waals surface area contributed by atoms with Gasteiger partial charge in [0.15, 0.2) is 6.61 Å². The van der Waals surface area contributed by atoms with E-state index < -0.39 is 0 Å². The lowest BCUT2D eigenvalue weighted by Crippen LogP contribution is -2.05. The Balaban J connectivity index is 1.70. The molecule has 1 aliphatic carbocycles. The smallest absolute Gasteiger partial charge is 0.253 e. The Labute approximate surface area is 105 Å². The predicted molar refractivity (Wildman–Crippen MR) is 65.1 cm³/mol. The molecule has 3 rings (SSSR count). The van der Waals surface area contributed by atoms with Crippen molar-refractivity contribution < 1.29 is 9.15 Å². The minimum absolute atomic E-state index is 0.174. The maximum absolute atomic E-state index is 5.99. The van der Waals surface area contributed by atoms with Crippen molar-refractivity contribution >= 4 is 0 Å². The molecule has 5 nitrogen and oxygen atoms in total. The average Bonchev–Trinajstić information content (AvgIpc) is 2.94. The van der Waals surface area contributed by atoms with Crippen molar-refractivity contribution in [2.45, 2.75) is 32.4 Å². The monoisotopic (exact) mass is 245 g/mol. The quantitative estimate of drug-likeness (QED) is 0.894. The van der Waals surface area contributed by atoms with Gasteiger partial charge in [0.25, 0.3) is 5.89 Å². The zero-order chi connectivity index (χ0) is 12.5. The molecule has 0 radical (unpaired) electrons. The number of rotatable bonds is 3. The minimum Gasteiger partial charge on any atom is -0.484 e. The van der Waals surface area contributed by atoms with Crippen LogP contribution in [0.1, 0.15) is 35.4 Å². The molecular weight excluding hydrogens is 230 g/mol. The van der Waals surface area contributed by atoms with Gasteiger partial charge in [0.05, 0.1) is 0 Å². The van der Waals surface area contributed by atoms with Crippen LogP contribution >= 0.6 is 0 Å². The molecule has 0 saturated heterocycles. The third-order valence-electron chi connectivity index (χ3n) is 3.17. The van der Waals surface area contributed by atoms with Gasteiger partial charge in [-0.15, -0.1) is 10.2 Å². The zero-order valence-corrected chi connectivity index (χ0v) is 10.2. The fourth-order valence-electron chi connectivity index (χ4n) is 2.26. The third kappa shape index (κ3) is 2.09. The Bertz CT molecular complexity index is 565. The first-order valence-electron chi connectivity index (χ1n) is 6.02. The molecule has 1 atom stereocenters. The van der Waals surface area contributed by atoms with E-state index in [-0.39, 0.29) is 6.04 Å². The number of nitrogens with zero attached hydrogens (tertiary/aromatic N) is 2. The largest absolute Gasteiger partial charge is 0.484 e. The van der Waals surface area contributed by atoms with Crippen LogP contribution in [0.4, 0.5) is 0 Å². The molecule has 0 spiro atoms. The SMILES string of the molecule is Cc1nnc(COc2ccc3c(c2)CCC3N)o1. The molecule has 1 aliphatic rings. The summed E-state index contributed by atoms with van der Waals surface area (Å²) in [5.74, 6) is 1.86. The molecule has 1 aromatic heterocycles. The Kier molecular flexibility index (Phi) is 2.76. The van der Waals surface area contributed by atoms with Crippen LogP contribution in [0.2, 0.25) is 0 Å². The predicted octanol–water partition coefficient (Wildman–Crippen LogP) is 1.90. The van der Waals surface area contributed by atoms with Crippen molar-refractivity contribution in [1.82, 2.24) is 10.2 Å². The van der Waals surface area contributed by atoms with Gasteiger partial charge in [-0.05, 0) is 36.1 Å². The first-order valence-corrected chi connectivity index (χ1v) is 6.02. The third-order valence-corrected chi connectivity index (χ3v) is 3.17. The van der Waals surface area contributed by atoms with Gasteiger partial charge < -0.3 is 14.9 Å². The van der Waals surface area contributed by atoms with Gasteiger partial charge in [-0.3, -0.25) is 0 Å². The second-order valence-corrected chi connectivity index (χ2v) is 4.51. The molecule has 1 heterocycles. The molecule has 2 N–H and O–H groups in total. The van der Waals surface area contributed by atoms with Gasteiger partial charge in [0.2, 0.25) is 5.89 Å². The number of benzene rings is 1. The van der Waals surface area contributed by atoms with Crippen molar-refractivity contribution in [1.29, 1.82) is 0 Å². The summed E-state index contributed by atoms with van der Waals surface area (Å²) in [5.41, 5.74) is 8.50. The summed E-state index contributed by atoms with van der Waals surface area (Å²) in [6.07, 6.45) is 2.04. The summed E-state index contributed by atoms with van der Waals surface area (Å²) in [4.78, 5) is 0. The standard InChI is InChI=1S/C13H15N3O2/c1-8-15-16-13(18-8)7-17-10-3-4-11-9(6-10)2-5-12(11)14/h3-4,6,12H,2,5,7,14H2,1H3. The van der Waals surface area contributed by atoms with Crippen molar-refractivity contribution in [2.75, 3.05) is 0 Å². The van der Waals surface area contributed by atoms with Crippen molar-refractivity contribution in [3.05, 3.63) is 41.1 Å². The van der Waals surface area contributed by atoms with Gasteiger partial charge >= 0.3 is 0 Å². The normalized spacial score (nSPS) is 17.8. The van der Waals surface area contributed by atoms with E-state index in [2.05, 4.69) is 10.2 Å². The number of nitrogens with two attached hydrogens (primary N) is 1. The molecule has 1 aromatic carbocycles. The van der Waals surface area contributed by atoms with E-state index in [1.807, 2.05) is 18.2 Å². The minimum atomic E-state index is 0.174. The molecule has 0 aliphatic heterocycles. The first kappa shape index (κ1) is 11.2. The first-order chi connectivity index (χ1) is 8.72. The zero-order valence-electron chi connectivity index (χ0n) is 10.2. The molecule has 0 bridgehead atoms. The molecule has 0 saturated carbocycles. The molecule has 1 unspecified atom stereocenters. The molecule has 18 heavy (non-hydrogen) atoms. The van der Waals surface area contributed by atoms with Gasteiger partial charge in [-0.2, -0.15) is 0 Å². The molecule has 2 aromatic rings. The Hall–Kier alpha value is -1.88. The lowest BCUT2D eigenvalue weighted by molar-refractivity contribution is 0.260. The second-order valence-electron chi connectivity index (χ2n) is 4.51. The van der Waals surface area contributed by atoms with Crippen LogP contribution < -0.4 is 10.5 Å². The highest BCUT2D eigenvalue weighted by Gasteiger charge is 2.19. The van der Waals surface area contributed by atoms with Crippen molar-refractivity contribution in [3.8, 4) is 5.75 Å². The van der Waals surface area contributed by atoms with Crippen LogP contribution in [0.25, 0.3) is 0 Å². The van der Waals surface area contributed by atoms with E-state index in [1.54, 1.807) is 6.92 Å². The number of hydrogen-bond acceptors (Lipinski definition) is 5. The Morgan fingerprint density at radius 1 is 1.44 bits per heavy atom. The van der Waals surface area contributed by atoms with Crippen LogP contribution in [0.15, 0.2) is 22.6 Å². The molecule has 0 fully saturated rings. The summed E-state index contributed by atoms with van der Waals surface area (Å²) in [6, 6.07) is 6.20. The average molecular weight is 245 g/mol. The summed E-state index contributed by atoms with van der Waals surface area (Å²) in [5, 5.41) is 7.64. The summed E-state index contributed by atoms with van der Waals surface area (Å²) < 4.78 is 10.9. The summed E-state index contributed by atoms with van der Waals surface area (Å²) >= 11 is 0. The van der Waals surface area contributed by atoms with Crippen molar-refractivity contribution in [2.24, 2.45) is 5.73 Å². The number of aromatic nitrogens is 2. The van der Waals surface area contributed by atoms with E-state index in [0.717, 1.165) is 18.6 Å². The van der Waals surface area contributed by atoms with E-state index in [9.17, 15) is 0 Å². The molecule has 94 valence electrons. The fourth-order valence-corrected chi connectivity index (χ4v) is 2.26. The fraction of sp³-hybridized carbons (Fsp3) is 0.385. The molecule has 5 heteroatoms. The van der Waals surface area contributed by atoms with E-state index in [4.69, 9.17) is 14.9 Å². The van der Waals surface area contributed by atoms with Crippen LogP contribution in [-0.4, -0.2) is 10.2 Å². The van der Waals surface area contributed by atoms with Gasteiger partial charge in [-0.25, -0.2) is 0 Å². The number of fused-ring (bicyclic) bond motifs is 1. The molecular formula is C13H15N3O2. The van der Waals surface area contributed by atoms with Crippen molar-refractivity contribution in [3.63, 3.8) is 0 Å². The number of hydrogen-bond donors (Lipinski definition) is 1. The van der Waals surface area contributed by atoms with Crippen LogP contribution in [0.5, 0.6) is 5.75 Å². The van der Waals surface area contributed by atoms with Crippen LogP contribution in [0.3, 0.4) is 0 Å². The van der Waals surface area contributed by atoms with E-state index >= 15 is 0 Å². The van der Waals surface area contributed by atoms with Gasteiger partial charge in [0.1, 0.15) is 5.75 Å². The number of aryl methyl sites for hydroxylation is 2. The highest BCUT2D eigenvalue weighted by atomic mass is 16.5. The highest BCUT2D eigenvalue weighted by molar-refractivity contribution is 5.40. The van der Waals surface area contributed by atoms with Gasteiger partial charge in [-0.1, -0.05) is 6.07 Å². The lowest BCUT2D eigenvalue weighted by atomic mass is 10.1. The Morgan fingerprint density at radius 3 is 3.11 bits per heavy atom. The summed E-state index contributed by atoms with van der Waals surface area (Å²) in [6.45, 7) is 2.05. The van der Waals surface area contributed by atoms with Crippen LogP contribution in [0, 0.1) is 6.92 Å². The van der Waals surface area contributed by atoms with E-state index in [1.165, 1.54) is 11.1 Å². The Morgan fingerprint density at radius 2 is 2.33 bits per heavy atom. The maximum atomic E-state index is 5.99. The highest BCUT2D eigenvalue weighted by Crippen LogP contribution is 2.31. The van der Waals surface area contributed by atoms with Crippen LogP contribution in [-0.2, 0) is 13.0 Å². The second kappa shape index (κ2) is 4.42. The topological polar surface area (TPSA) is 74.2 Å². The number of ether oxygens (including phenoxy) is 1. The van der Waals surface area contributed by atoms with E-state index in [0.29, 0.717) is 18.4 Å². The van der Waals surface area contributed by atoms with Gasteiger partial charge in [0, 0.05) is 13.0 Å². The summed E-state index contributed by atoms with van der Waals surface area (Å²) in [7, 11) is 0.